The molecule has 1 N–H and O–H groups in total. The van der Waals surface area contributed by atoms with Crippen LogP contribution in [0, 0.1) is 17.8 Å². The Morgan fingerprint density at radius 3 is 1.50 bits per heavy atom. The van der Waals surface area contributed by atoms with Gasteiger partial charge in [-0.2, -0.15) is 26.3 Å². The molecule has 0 saturated carbocycles. The van der Waals surface area contributed by atoms with E-state index in [1.165, 1.54) is 36.4 Å². The molecular formula is C40H54F6O8. The molecule has 0 saturated heterocycles. The topological polar surface area (TPSA) is 108 Å². The second-order valence-corrected chi connectivity index (χ2v) is 14.4. The van der Waals surface area contributed by atoms with Gasteiger partial charge in [0.2, 0.25) is 0 Å². The normalized spacial score (nSPS) is 17.3. The van der Waals surface area contributed by atoms with Crippen molar-refractivity contribution in [3.05, 3.63) is 71.8 Å². The Bertz CT molecular complexity index is 1450. The molecule has 6 atom stereocenters. The van der Waals surface area contributed by atoms with Crippen LogP contribution in [-0.4, -0.2) is 68.2 Å². The Morgan fingerprint density at radius 2 is 1.07 bits per heavy atom. The zero-order chi connectivity index (χ0) is 40.8. The fourth-order valence-electron chi connectivity index (χ4n) is 6.34. The van der Waals surface area contributed by atoms with E-state index in [0.29, 0.717) is 38.5 Å². The van der Waals surface area contributed by atoms with Crippen LogP contribution in [0.1, 0.15) is 96.6 Å². The number of esters is 2. The van der Waals surface area contributed by atoms with Gasteiger partial charge < -0.3 is 24.1 Å². The molecule has 0 radical (unpaired) electrons. The number of benzene rings is 2. The Kier molecular flexibility index (Phi) is 17.7. The average molecular weight is 777 g/mol. The highest BCUT2D eigenvalue weighted by Crippen LogP contribution is 2.44. The van der Waals surface area contributed by atoms with Crippen LogP contribution in [0.4, 0.5) is 26.3 Å². The van der Waals surface area contributed by atoms with Gasteiger partial charge in [0.25, 0.3) is 11.2 Å². The average Bonchev–Trinajstić information content (AvgIpc) is 3.10. The number of alkyl halides is 6. The number of hydrogen-bond donors (Lipinski definition) is 1. The standard InChI is InChI=1S/C40H54F6O8/c1-28(21-22-33(47)30(3)23-26-53-34(48)37(51-5,39(41,42)43)31-17-9-7-10-18-31)15-13-24-36(4,50)25-14-16-29(2)27-54-35(49)38(52-6,40(44,45)46)32-19-11-8-12-20-32/h7-12,17-20,28-30,50H,13-16,21-27H2,1-6H3/t28-,29-,30?,36-,37?,38?/m1/s1. The van der Waals surface area contributed by atoms with Gasteiger partial charge in [0.1, 0.15) is 5.78 Å². The molecule has 14 heteroatoms. The third kappa shape index (κ3) is 12.3. The summed E-state index contributed by atoms with van der Waals surface area (Å²) in [5.74, 6) is -3.93. The fraction of sp³-hybridized carbons (Fsp3) is 0.625. The minimum absolute atomic E-state index is 0.0461. The number of rotatable bonds is 23. The first-order valence-electron chi connectivity index (χ1n) is 18.1. The second kappa shape index (κ2) is 20.4. The number of aliphatic hydroxyl groups is 1. The molecule has 304 valence electrons. The molecule has 0 aliphatic carbocycles. The van der Waals surface area contributed by atoms with Crippen LogP contribution in [0.25, 0.3) is 0 Å². The van der Waals surface area contributed by atoms with Crippen LogP contribution in [0.3, 0.4) is 0 Å². The number of methoxy groups -OCH3 is 2. The third-order valence-electron chi connectivity index (χ3n) is 9.89. The minimum Gasteiger partial charge on any atom is -0.463 e. The van der Waals surface area contributed by atoms with E-state index in [1.54, 1.807) is 20.8 Å². The van der Waals surface area contributed by atoms with Gasteiger partial charge in [0.15, 0.2) is 0 Å². The van der Waals surface area contributed by atoms with Crippen LogP contribution in [0.15, 0.2) is 60.7 Å². The smallest absolute Gasteiger partial charge is 0.432 e. The van der Waals surface area contributed by atoms with Crippen LogP contribution in [-0.2, 0) is 44.5 Å². The predicted octanol–water partition coefficient (Wildman–Crippen LogP) is 9.02. The predicted molar refractivity (Wildman–Crippen MR) is 189 cm³/mol. The molecule has 0 fully saturated rings. The summed E-state index contributed by atoms with van der Waals surface area (Å²) in [5, 5.41) is 10.9. The molecule has 2 aromatic carbocycles. The van der Waals surface area contributed by atoms with Crippen molar-refractivity contribution in [3.8, 4) is 0 Å². The first-order chi connectivity index (χ1) is 25.2. The number of hydrogen-bond acceptors (Lipinski definition) is 8. The second-order valence-electron chi connectivity index (χ2n) is 14.4. The highest BCUT2D eigenvalue weighted by Gasteiger charge is 2.65. The van der Waals surface area contributed by atoms with E-state index in [2.05, 4.69) is 0 Å². The van der Waals surface area contributed by atoms with Crippen molar-refractivity contribution in [2.45, 2.75) is 115 Å². The Morgan fingerprint density at radius 1 is 0.648 bits per heavy atom. The molecule has 0 amide bonds. The maximum absolute atomic E-state index is 14.1. The maximum Gasteiger partial charge on any atom is 0.432 e. The summed E-state index contributed by atoms with van der Waals surface area (Å²) in [7, 11) is 1.60. The fourth-order valence-corrected chi connectivity index (χ4v) is 6.34. The monoisotopic (exact) mass is 776 g/mol. The largest absolute Gasteiger partial charge is 0.463 e. The lowest BCUT2D eigenvalue weighted by molar-refractivity contribution is -0.277. The summed E-state index contributed by atoms with van der Waals surface area (Å²) in [6, 6.07) is 13.1. The number of halogens is 6. The Balaban J connectivity index is 1.72. The van der Waals surface area contributed by atoms with Crippen LogP contribution >= 0.6 is 0 Å². The number of ketones is 1. The summed E-state index contributed by atoms with van der Waals surface area (Å²) >= 11 is 0. The number of carbonyl (C=O) groups is 3. The van der Waals surface area contributed by atoms with Crippen molar-refractivity contribution in [2.75, 3.05) is 27.4 Å². The van der Waals surface area contributed by atoms with Gasteiger partial charge in [0.05, 0.1) is 18.8 Å². The summed E-state index contributed by atoms with van der Waals surface area (Å²) in [6.45, 7) is 6.42. The van der Waals surface area contributed by atoms with Crippen LogP contribution in [0.5, 0.6) is 0 Å². The molecular weight excluding hydrogens is 722 g/mol. The number of carbonyl (C=O) groups excluding carboxylic acids is 3. The van der Waals surface area contributed by atoms with Crippen molar-refractivity contribution in [1.82, 2.24) is 0 Å². The molecule has 0 bridgehead atoms. The van der Waals surface area contributed by atoms with Crippen molar-refractivity contribution in [3.63, 3.8) is 0 Å². The van der Waals surface area contributed by atoms with Crippen LogP contribution in [0.2, 0.25) is 0 Å². The molecule has 0 aliphatic rings. The van der Waals surface area contributed by atoms with Gasteiger partial charge in [0, 0.05) is 37.7 Å². The highest BCUT2D eigenvalue weighted by molar-refractivity contribution is 5.83. The number of Topliss-reactive ketones (excluding diaryl/α,β-unsaturated/α-hetero) is 1. The summed E-state index contributed by atoms with van der Waals surface area (Å²) in [4.78, 5) is 38.2. The van der Waals surface area contributed by atoms with Crippen molar-refractivity contribution < 1.29 is 64.8 Å². The van der Waals surface area contributed by atoms with Gasteiger partial charge in [-0.3, -0.25) is 4.79 Å². The summed E-state index contributed by atoms with van der Waals surface area (Å²) in [6.07, 6.45) is -5.92. The van der Waals surface area contributed by atoms with Gasteiger partial charge >= 0.3 is 24.3 Å². The lowest BCUT2D eigenvalue weighted by Crippen LogP contribution is -2.52. The summed E-state index contributed by atoms with van der Waals surface area (Å²) < 4.78 is 104. The third-order valence-corrected chi connectivity index (χ3v) is 9.89. The molecule has 0 heterocycles. The quantitative estimate of drug-likeness (QED) is 0.0881. The van der Waals surface area contributed by atoms with E-state index in [-0.39, 0.29) is 42.6 Å². The molecule has 2 rings (SSSR count). The van der Waals surface area contributed by atoms with E-state index in [0.717, 1.165) is 44.9 Å². The summed E-state index contributed by atoms with van der Waals surface area (Å²) in [5.41, 5.74) is -8.34. The van der Waals surface area contributed by atoms with Crippen molar-refractivity contribution in [2.24, 2.45) is 17.8 Å². The van der Waals surface area contributed by atoms with Crippen molar-refractivity contribution >= 4 is 17.7 Å². The molecule has 2 aromatic rings. The lowest BCUT2D eigenvalue weighted by atomic mass is 9.88. The van der Waals surface area contributed by atoms with Gasteiger partial charge in [-0.05, 0) is 50.9 Å². The Hall–Kier alpha value is -3.49. The van der Waals surface area contributed by atoms with Gasteiger partial charge in [-0.1, -0.05) is 101 Å². The Labute approximate surface area is 313 Å². The lowest BCUT2D eigenvalue weighted by Gasteiger charge is -2.32. The van der Waals surface area contributed by atoms with Crippen molar-refractivity contribution in [1.29, 1.82) is 0 Å². The molecule has 0 spiro atoms. The van der Waals surface area contributed by atoms with E-state index >= 15 is 0 Å². The molecule has 3 unspecified atom stereocenters. The van der Waals surface area contributed by atoms with E-state index in [1.807, 2.05) is 6.92 Å². The zero-order valence-corrected chi connectivity index (χ0v) is 31.9. The first kappa shape index (κ1) is 46.7. The van der Waals surface area contributed by atoms with Crippen LogP contribution < -0.4 is 0 Å². The molecule has 0 aliphatic heterocycles. The SMILES string of the molecule is COC(C(=O)OCCC(C)C(=O)CC[C@H](C)CCC[C@@](C)(O)CCC[C@@H](C)COC(=O)C(OC)(c1ccccc1)C(F)(F)F)(c1ccccc1)C(F)(F)F. The van der Waals surface area contributed by atoms with E-state index in [4.69, 9.17) is 18.9 Å². The molecule has 8 nitrogen and oxygen atoms in total. The van der Waals surface area contributed by atoms with Gasteiger partial charge in [-0.25, -0.2) is 9.59 Å². The van der Waals surface area contributed by atoms with Gasteiger partial charge in [-0.15, -0.1) is 0 Å². The van der Waals surface area contributed by atoms with E-state index < -0.39 is 59.2 Å². The zero-order valence-electron chi connectivity index (χ0n) is 31.9. The molecule has 54 heavy (non-hydrogen) atoms. The minimum atomic E-state index is -5.09. The van der Waals surface area contributed by atoms with E-state index in [9.17, 15) is 45.8 Å². The number of ether oxygens (including phenoxy) is 4. The highest BCUT2D eigenvalue weighted by atomic mass is 19.4. The molecule has 0 aromatic heterocycles. The first-order valence-corrected chi connectivity index (χ1v) is 18.1. The maximum atomic E-state index is 14.1.